The van der Waals surface area contributed by atoms with E-state index < -0.39 is 0 Å². The minimum Gasteiger partial charge on any atom is -0.192 e. The number of hydrogen-bond acceptors (Lipinski definition) is 2. The van der Waals surface area contributed by atoms with Crippen molar-refractivity contribution in [1.29, 1.82) is 0 Å². The van der Waals surface area contributed by atoms with Crippen LogP contribution in [0.25, 0.3) is 0 Å². The molecule has 0 aliphatic heterocycles. The van der Waals surface area contributed by atoms with E-state index in [1.54, 1.807) is 7.05 Å². The van der Waals surface area contributed by atoms with Crippen LogP contribution in [0.2, 0.25) is 0 Å². The second-order valence-corrected chi connectivity index (χ2v) is 2.07. The Labute approximate surface area is 62.4 Å². The van der Waals surface area contributed by atoms with Gasteiger partial charge >= 0.3 is 0 Å². The molecule has 2 nitrogen and oxygen atoms in total. The van der Waals surface area contributed by atoms with Crippen LogP contribution in [0.4, 0.5) is 0 Å². The maximum absolute atomic E-state index is 3.90. The van der Waals surface area contributed by atoms with Crippen LogP contribution in [0.5, 0.6) is 0 Å². The zero-order chi connectivity index (χ0) is 7.98. The van der Waals surface area contributed by atoms with Gasteiger partial charge in [0.25, 0.3) is 0 Å². The van der Waals surface area contributed by atoms with E-state index in [0.29, 0.717) is 0 Å². The van der Waals surface area contributed by atoms with E-state index in [9.17, 15) is 0 Å². The lowest BCUT2D eigenvalue weighted by Gasteiger charge is -1.92. The van der Waals surface area contributed by atoms with Crippen LogP contribution in [-0.4, -0.2) is 7.05 Å². The average molecular weight is 138 g/mol. The molecule has 0 aliphatic carbocycles. The van der Waals surface area contributed by atoms with Gasteiger partial charge in [-0.3, -0.25) is 0 Å². The number of hydrogen-bond donors (Lipinski definition) is 0. The van der Waals surface area contributed by atoms with Crippen LogP contribution in [0.15, 0.2) is 33.7 Å². The zero-order valence-corrected chi connectivity index (χ0v) is 7.05. The van der Waals surface area contributed by atoms with Crippen LogP contribution in [0.1, 0.15) is 20.8 Å². The predicted molar refractivity (Wildman–Crippen MR) is 44.0 cm³/mol. The Hall–Kier alpha value is -0.920. The molecule has 0 rings (SSSR count). The van der Waals surface area contributed by atoms with Crippen molar-refractivity contribution in [3.8, 4) is 0 Å². The number of azo groups is 1. The van der Waals surface area contributed by atoms with Crippen molar-refractivity contribution in [2.45, 2.75) is 20.8 Å². The molecule has 10 heavy (non-hydrogen) atoms. The van der Waals surface area contributed by atoms with Gasteiger partial charge in [-0.2, -0.15) is 10.2 Å². The molecule has 0 aromatic heterocycles. The summed E-state index contributed by atoms with van der Waals surface area (Å²) in [4.78, 5) is 0. The van der Waals surface area contributed by atoms with Crippen LogP contribution in [0.3, 0.4) is 0 Å². The molecule has 0 aliphatic rings. The van der Waals surface area contributed by atoms with Gasteiger partial charge in [0.1, 0.15) is 0 Å². The standard InChI is InChI=1S/C8H14N2/c1-5-6-7(2)8(3)10-9-4/h5-6H,1-4H3/b6-5-,8-7-,10-9-. The van der Waals surface area contributed by atoms with Crippen molar-refractivity contribution in [1.82, 2.24) is 0 Å². The molecule has 0 saturated heterocycles. The monoisotopic (exact) mass is 138 g/mol. The molecule has 0 aromatic rings. The van der Waals surface area contributed by atoms with Gasteiger partial charge < -0.3 is 0 Å². The van der Waals surface area contributed by atoms with Gasteiger partial charge in [-0.05, 0) is 26.3 Å². The lowest BCUT2D eigenvalue weighted by atomic mass is 10.2. The number of allylic oxidation sites excluding steroid dienone is 4. The SMILES string of the molecule is C\C=C/C(C)=C(C)\N=N/C. The van der Waals surface area contributed by atoms with Crippen molar-refractivity contribution in [3.63, 3.8) is 0 Å². The van der Waals surface area contributed by atoms with Gasteiger partial charge in [-0.25, -0.2) is 0 Å². The van der Waals surface area contributed by atoms with E-state index in [2.05, 4.69) is 10.2 Å². The Bertz CT molecular complexity index is 156. The second-order valence-electron chi connectivity index (χ2n) is 2.07. The summed E-state index contributed by atoms with van der Waals surface area (Å²) in [6, 6.07) is 0. The third-order valence-corrected chi connectivity index (χ3v) is 1.24. The predicted octanol–water partition coefficient (Wildman–Crippen LogP) is 2.94. The summed E-state index contributed by atoms with van der Waals surface area (Å²) in [7, 11) is 1.67. The summed E-state index contributed by atoms with van der Waals surface area (Å²) in [5.74, 6) is 0. The molecule has 2 heteroatoms. The molecule has 0 fully saturated rings. The molecule has 0 unspecified atom stereocenters. The first-order valence-electron chi connectivity index (χ1n) is 3.32. The van der Waals surface area contributed by atoms with Crippen molar-refractivity contribution in [3.05, 3.63) is 23.4 Å². The second kappa shape index (κ2) is 4.91. The smallest absolute Gasteiger partial charge is 0.0624 e. The molecule has 0 saturated carbocycles. The molecule has 0 amide bonds. The van der Waals surface area contributed by atoms with Crippen molar-refractivity contribution in [2.24, 2.45) is 10.2 Å². The molecule has 0 aromatic carbocycles. The molecular weight excluding hydrogens is 124 g/mol. The highest BCUT2D eigenvalue weighted by molar-refractivity contribution is 5.20. The molecule has 0 spiro atoms. The highest BCUT2D eigenvalue weighted by Gasteiger charge is 1.87. The molecule has 0 bridgehead atoms. The van der Waals surface area contributed by atoms with Crippen LogP contribution in [0, 0.1) is 0 Å². The quantitative estimate of drug-likeness (QED) is 0.414. The minimum absolute atomic E-state index is 0.973. The van der Waals surface area contributed by atoms with E-state index in [-0.39, 0.29) is 0 Å². The van der Waals surface area contributed by atoms with Gasteiger partial charge in [0.2, 0.25) is 0 Å². The van der Waals surface area contributed by atoms with Crippen LogP contribution in [-0.2, 0) is 0 Å². The van der Waals surface area contributed by atoms with Gasteiger partial charge in [-0.15, -0.1) is 0 Å². The topological polar surface area (TPSA) is 24.7 Å². The molecule has 0 atom stereocenters. The Morgan fingerprint density at radius 2 is 1.90 bits per heavy atom. The summed E-state index contributed by atoms with van der Waals surface area (Å²) in [5, 5.41) is 7.57. The molecule has 0 heterocycles. The van der Waals surface area contributed by atoms with Gasteiger partial charge in [0.15, 0.2) is 0 Å². The lowest BCUT2D eigenvalue weighted by molar-refractivity contribution is 1.06. The first-order chi connectivity index (χ1) is 4.72. The first-order valence-corrected chi connectivity index (χ1v) is 3.32. The first kappa shape index (κ1) is 9.08. The third-order valence-electron chi connectivity index (χ3n) is 1.24. The van der Waals surface area contributed by atoms with Crippen molar-refractivity contribution < 1.29 is 0 Å². The normalized spacial score (nSPS) is 14.8. The molecule has 56 valence electrons. The van der Waals surface area contributed by atoms with E-state index >= 15 is 0 Å². The van der Waals surface area contributed by atoms with Crippen LogP contribution >= 0.6 is 0 Å². The Balaban J connectivity index is 4.33. The van der Waals surface area contributed by atoms with E-state index in [0.717, 1.165) is 11.3 Å². The number of rotatable bonds is 2. The van der Waals surface area contributed by atoms with Crippen molar-refractivity contribution >= 4 is 0 Å². The average Bonchev–Trinajstić information content (AvgIpc) is 1.89. The van der Waals surface area contributed by atoms with Crippen molar-refractivity contribution in [2.75, 3.05) is 7.05 Å². The molecule has 0 radical (unpaired) electrons. The fraction of sp³-hybridized carbons (Fsp3) is 0.500. The van der Waals surface area contributed by atoms with Gasteiger partial charge in [0, 0.05) is 7.05 Å². The Kier molecular flexibility index (Phi) is 4.46. The summed E-state index contributed by atoms with van der Waals surface area (Å²) in [5.41, 5.74) is 2.13. The fourth-order valence-corrected chi connectivity index (χ4v) is 0.599. The zero-order valence-electron chi connectivity index (χ0n) is 7.05. The maximum atomic E-state index is 3.90. The highest BCUT2D eigenvalue weighted by Crippen LogP contribution is 2.05. The number of nitrogens with zero attached hydrogens (tertiary/aromatic N) is 2. The Morgan fingerprint density at radius 1 is 1.30 bits per heavy atom. The third kappa shape index (κ3) is 3.17. The molecule has 0 N–H and O–H groups in total. The minimum atomic E-state index is 0.973. The Morgan fingerprint density at radius 3 is 2.30 bits per heavy atom. The maximum Gasteiger partial charge on any atom is 0.0624 e. The van der Waals surface area contributed by atoms with Crippen LogP contribution < -0.4 is 0 Å². The highest BCUT2D eigenvalue weighted by atomic mass is 15.1. The summed E-state index contributed by atoms with van der Waals surface area (Å²) in [6.07, 6.45) is 4.01. The van der Waals surface area contributed by atoms with E-state index in [4.69, 9.17) is 0 Å². The summed E-state index contributed by atoms with van der Waals surface area (Å²) >= 11 is 0. The van der Waals surface area contributed by atoms with E-state index in [1.807, 2.05) is 32.9 Å². The lowest BCUT2D eigenvalue weighted by Crippen LogP contribution is -1.74. The van der Waals surface area contributed by atoms with Gasteiger partial charge in [0.05, 0.1) is 5.70 Å². The molecular formula is C8H14N2. The largest absolute Gasteiger partial charge is 0.192 e. The van der Waals surface area contributed by atoms with Gasteiger partial charge in [-0.1, -0.05) is 12.2 Å². The van der Waals surface area contributed by atoms with E-state index in [1.165, 1.54) is 0 Å². The fourth-order valence-electron chi connectivity index (χ4n) is 0.599. The summed E-state index contributed by atoms with van der Waals surface area (Å²) < 4.78 is 0. The summed E-state index contributed by atoms with van der Waals surface area (Å²) in [6.45, 7) is 5.95.